The molecule has 0 fully saturated rings. The Balaban J connectivity index is 0.000000142. The lowest BCUT2D eigenvalue weighted by Gasteiger charge is -2.50. The molecular formula is C134H90N2O. The van der Waals surface area contributed by atoms with Crippen molar-refractivity contribution in [1.82, 2.24) is 0 Å². The van der Waals surface area contributed by atoms with E-state index in [4.69, 9.17) is 4.42 Å². The van der Waals surface area contributed by atoms with Gasteiger partial charge >= 0.3 is 0 Å². The predicted octanol–water partition coefficient (Wildman–Crippen LogP) is 34.2. The molecule has 0 bridgehead atoms. The molecule has 642 valence electrons. The monoisotopic (exact) mass is 1740 g/mol. The number of fused-ring (bicyclic) bond motifs is 22. The fourth-order valence-corrected chi connectivity index (χ4v) is 24.1. The number of rotatable bonds is 14. The van der Waals surface area contributed by atoms with Gasteiger partial charge in [0.25, 0.3) is 0 Å². The van der Waals surface area contributed by atoms with Gasteiger partial charge in [-0.2, -0.15) is 0 Å². The molecule has 0 saturated heterocycles. The minimum absolute atomic E-state index is 0.560. The number of anilines is 6. The number of hydrogen-bond donors (Lipinski definition) is 0. The second-order valence-corrected chi connectivity index (χ2v) is 36.6. The number of benzene rings is 22. The van der Waals surface area contributed by atoms with E-state index in [9.17, 15) is 0 Å². The molecule has 1 aromatic heterocycles. The minimum Gasteiger partial charge on any atom is -0.455 e. The van der Waals surface area contributed by atoms with Crippen LogP contribution in [0.2, 0.25) is 0 Å². The molecule has 137 heavy (non-hydrogen) atoms. The van der Waals surface area contributed by atoms with Gasteiger partial charge in [0.15, 0.2) is 0 Å². The molecule has 4 aliphatic rings. The third-order valence-electron chi connectivity index (χ3n) is 29.9. The van der Waals surface area contributed by atoms with E-state index in [-0.39, 0.29) is 0 Å². The Morgan fingerprint density at radius 2 is 0.416 bits per heavy atom. The molecule has 0 saturated carbocycles. The van der Waals surface area contributed by atoms with Crippen LogP contribution in [0.4, 0.5) is 34.1 Å². The van der Waals surface area contributed by atoms with E-state index in [1.54, 1.807) is 0 Å². The highest BCUT2D eigenvalue weighted by Gasteiger charge is 2.59. The molecule has 1 heterocycles. The SMILES string of the molecule is c1ccc(-c2ccc(N(c3ccc(-c4ccc5ccccc5c4)cc3)c3ccc4c(c3)C3(c5ccccc5-4)c4ccccc4C(c4ccccc4)(c4ccccc4)c4ccccc43)cc2)cc1.c1ccc(-c2ccc(N(c3ccc(-c4cccc5c4oc4ccccc45)cc3)c3ccc4c(c3)C3(c5ccccc5-4)c4ccccc4C(c4ccccc4)(c4ccccc4)c4ccccc43)cc2)cc1. The normalized spacial score (nSPS) is 13.6. The van der Waals surface area contributed by atoms with Gasteiger partial charge in [0.05, 0.1) is 21.7 Å². The third kappa shape index (κ3) is 12.4. The van der Waals surface area contributed by atoms with Crippen LogP contribution in [0, 0.1) is 0 Å². The van der Waals surface area contributed by atoms with Crippen LogP contribution in [0.5, 0.6) is 0 Å². The van der Waals surface area contributed by atoms with Crippen LogP contribution in [0.25, 0.3) is 99.5 Å². The fourth-order valence-electron chi connectivity index (χ4n) is 24.1. The van der Waals surface area contributed by atoms with Crippen molar-refractivity contribution < 1.29 is 4.42 Å². The average Bonchev–Trinajstić information content (AvgIpc) is 1.55. The number of furan rings is 1. The summed E-state index contributed by atoms with van der Waals surface area (Å²) in [7, 11) is 0. The zero-order valence-electron chi connectivity index (χ0n) is 75.3. The molecule has 0 aliphatic heterocycles. The van der Waals surface area contributed by atoms with Crippen LogP contribution in [0.1, 0.15) is 89.0 Å². The van der Waals surface area contributed by atoms with Crippen molar-refractivity contribution in [1.29, 1.82) is 0 Å². The Hall–Kier alpha value is -17.5. The summed E-state index contributed by atoms with van der Waals surface area (Å²) in [5.41, 5.74) is 41.0. The topological polar surface area (TPSA) is 19.6 Å². The van der Waals surface area contributed by atoms with Gasteiger partial charge < -0.3 is 14.2 Å². The molecule has 4 aliphatic carbocycles. The molecule has 23 aromatic rings. The van der Waals surface area contributed by atoms with E-state index >= 15 is 0 Å². The van der Waals surface area contributed by atoms with Crippen molar-refractivity contribution >= 4 is 66.8 Å². The van der Waals surface area contributed by atoms with Gasteiger partial charge in [0.1, 0.15) is 11.2 Å². The van der Waals surface area contributed by atoms with Gasteiger partial charge in [-0.1, -0.05) is 461 Å². The summed E-state index contributed by atoms with van der Waals surface area (Å²) in [5.74, 6) is 0. The van der Waals surface area contributed by atoms with E-state index in [0.29, 0.717) is 0 Å². The van der Waals surface area contributed by atoms with Gasteiger partial charge in [0.2, 0.25) is 0 Å². The van der Waals surface area contributed by atoms with Crippen molar-refractivity contribution in [3.8, 4) is 66.8 Å². The average molecular weight is 1740 g/mol. The maximum absolute atomic E-state index is 6.53. The van der Waals surface area contributed by atoms with Gasteiger partial charge in [-0.15, -0.1) is 0 Å². The Morgan fingerprint density at radius 3 is 0.810 bits per heavy atom. The van der Waals surface area contributed by atoms with E-state index in [1.165, 1.54) is 155 Å². The molecule has 27 rings (SSSR count). The number of hydrogen-bond acceptors (Lipinski definition) is 3. The molecule has 0 radical (unpaired) electrons. The minimum atomic E-state index is -0.625. The molecule has 0 atom stereocenters. The van der Waals surface area contributed by atoms with Crippen LogP contribution < -0.4 is 9.80 Å². The van der Waals surface area contributed by atoms with E-state index in [2.05, 4.69) is 550 Å². The van der Waals surface area contributed by atoms with Gasteiger partial charge in [-0.3, -0.25) is 0 Å². The van der Waals surface area contributed by atoms with Gasteiger partial charge in [0, 0.05) is 50.5 Å². The predicted molar refractivity (Wildman–Crippen MR) is 567 cm³/mol. The first kappa shape index (κ1) is 80.4. The standard InChI is InChI=1S/C68H45NO.C66H45N/c1-4-19-46(20-5-1)47-35-39-51(40-36-47)69(52-41-37-48(38-42-52)54-27-18-28-58-57-26-11-17-34-65(57)70-66(54)58)53-43-44-56-55-25-10-12-29-59(55)68(64(56)45-53)62-32-15-13-30-60(62)67(49-21-6-2-7-22-49,50-23-8-3-9-24-50)61-31-14-16-33-63(61)68;1-4-18-46(19-5-1)48-34-38-54(39-35-48)67(55-40-36-49(37-41-55)51-33-32-47-20-10-11-21-50(47)44-51)56-42-43-58-57-26-12-13-27-59(57)66(64(58)45-56)62-30-16-14-28-60(62)65(52-22-6-2-7-23-52,53-24-8-3-9-25-53)61-29-15-17-31-63(61)66/h1-45H;1-45H. The summed E-state index contributed by atoms with van der Waals surface area (Å²) in [6.07, 6.45) is 0. The molecule has 2 spiro atoms. The maximum Gasteiger partial charge on any atom is 0.143 e. The quantitative estimate of drug-likeness (QED) is 0.108. The Labute approximate surface area is 798 Å². The summed E-state index contributed by atoms with van der Waals surface area (Å²) < 4.78 is 6.53. The smallest absolute Gasteiger partial charge is 0.143 e. The summed E-state index contributed by atoms with van der Waals surface area (Å²) in [6, 6.07) is 202. The zero-order chi connectivity index (χ0) is 90.6. The lowest BCUT2D eigenvalue weighted by molar-refractivity contribution is 0.623. The summed E-state index contributed by atoms with van der Waals surface area (Å²) in [6.45, 7) is 0. The van der Waals surface area contributed by atoms with Crippen LogP contribution in [-0.4, -0.2) is 0 Å². The largest absolute Gasteiger partial charge is 0.455 e. The number of nitrogens with zero attached hydrogens (tertiary/aromatic N) is 2. The van der Waals surface area contributed by atoms with Crippen molar-refractivity contribution in [2.45, 2.75) is 21.7 Å². The van der Waals surface area contributed by atoms with Crippen LogP contribution in [-0.2, 0) is 21.7 Å². The lowest BCUT2D eigenvalue weighted by atomic mass is 9.51. The van der Waals surface area contributed by atoms with Gasteiger partial charge in [-0.25, -0.2) is 0 Å². The Morgan fingerprint density at radius 1 is 0.146 bits per heavy atom. The lowest BCUT2D eigenvalue weighted by Crippen LogP contribution is -2.44. The van der Waals surface area contributed by atoms with Gasteiger partial charge in [-0.05, 0) is 246 Å². The molecule has 0 N–H and O–H groups in total. The molecule has 22 aromatic carbocycles. The van der Waals surface area contributed by atoms with Crippen molar-refractivity contribution in [2.75, 3.05) is 9.80 Å². The van der Waals surface area contributed by atoms with Crippen LogP contribution in [0.15, 0.2) is 550 Å². The van der Waals surface area contributed by atoms with E-state index in [0.717, 1.165) is 67.2 Å². The Kier molecular flexibility index (Phi) is 19.2. The molecular weight excluding hydrogens is 1650 g/mol. The summed E-state index contributed by atoms with van der Waals surface area (Å²) in [5, 5.41) is 4.75. The molecule has 3 heteroatoms. The first-order valence-corrected chi connectivity index (χ1v) is 47.6. The van der Waals surface area contributed by atoms with Crippen LogP contribution in [0.3, 0.4) is 0 Å². The summed E-state index contributed by atoms with van der Waals surface area (Å²) in [4.78, 5) is 4.87. The first-order chi connectivity index (χ1) is 67.9. The Bertz CT molecular complexity index is 8370. The second-order valence-electron chi connectivity index (χ2n) is 36.6. The second kappa shape index (κ2) is 32.8. The third-order valence-corrected chi connectivity index (χ3v) is 29.9. The summed E-state index contributed by atoms with van der Waals surface area (Å²) >= 11 is 0. The zero-order valence-corrected chi connectivity index (χ0v) is 75.3. The fraction of sp³-hybridized carbons (Fsp3) is 0.0299. The molecule has 0 amide bonds. The highest BCUT2D eigenvalue weighted by Crippen LogP contribution is 2.68. The number of para-hydroxylation sites is 2. The highest BCUT2D eigenvalue weighted by molar-refractivity contribution is 6.10. The van der Waals surface area contributed by atoms with Crippen LogP contribution >= 0.6 is 0 Å². The van der Waals surface area contributed by atoms with Crippen molar-refractivity contribution in [3.05, 3.63) is 635 Å². The molecule has 3 nitrogen and oxygen atoms in total. The van der Waals surface area contributed by atoms with Crippen molar-refractivity contribution in [2.24, 2.45) is 0 Å². The highest BCUT2D eigenvalue weighted by atomic mass is 16.3. The van der Waals surface area contributed by atoms with Crippen molar-refractivity contribution in [3.63, 3.8) is 0 Å². The first-order valence-electron chi connectivity index (χ1n) is 47.6. The maximum atomic E-state index is 6.53. The molecule has 0 unspecified atom stereocenters. The van der Waals surface area contributed by atoms with E-state index < -0.39 is 21.7 Å². The van der Waals surface area contributed by atoms with E-state index in [1.807, 2.05) is 6.07 Å².